The maximum atomic E-state index is 10.8. The first-order chi connectivity index (χ1) is 15.7. The van der Waals surface area contributed by atoms with Crippen LogP contribution < -0.4 is 20.5 Å². The van der Waals surface area contributed by atoms with E-state index < -0.39 is 7.60 Å². The number of benzene rings is 1. The van der Waals surface area contributed by atoms with E-state index in [0.717, 1.165) is 48.4 Å². The minimum atomic E-state index is -4.04. The number of nitrogens with one attached hydrogen (secondary N) is 1. The predicted octanol–water partition coefficient (Wildman–Crippen LogP) is 3.14. The average molecular weight is 483 g/mol. The third kappa shape index (κ3) is 9.55. The second-order valence-electron chi connectivity index (χ2n) is 7.63. The molecule has 2 rings (SSSR count). The molecule has 11 heteroatoms. The predicted molar refractivity (Wildman–Crippen MR) is 128 cm³/mol. The van der Waals surface area contributed by atoms with Crippen LogP contribution in [-0.4, -0.2) is 59.4 Å². The van der Waals surface area contributed by atoms with Crippen LogP contribution >= 0.6 is 7.60 Å². The summed E-state index contributed by atoms with van der Waals surface area (Å²) in [6, 6.07) is 5.57. The van der Waals surface area contributed by atoms with Crippen LogP contribution in [0.25, 0.3) is 0 Å². The number of ether oxygens (including phenoxy) is 3. The van der Waals surface area contributed by atoms with Crippen LogP contribution in [0.5, 0.6) is 11.5 Å². The quantitative estimate of drug-likeness (QED) is 0.220. The van der Waals surface area contributed by atoms with Crippen LogP contribution in [0.4, 0.5) is 11.8 Å². The van der Waals surface area contributed by atoms with Crippen molar-refractivity contribution < 1.29 is 28.6 Å². The fraction of sp³-hybridized carbons (Fsp3) is 0.545. The number of hydrogen-bond donors (Lipinski definition) is 4. The molecule has 33 heavy (non-hydrogen) atoms. The maximum absolute atomic E-state index is 10.8. The molecule has 0 aliphatic rings. The van der Waals surface area contributed by atoms with E-state index in [-0.39, 0.29) is 31.9 Å². The van der Waals surface area contributed by atoms with Crippen molar-refractivity contribution in [3.63, 3.8) is 0 Å². The third-order valence-corrected chi connectivity index (χ3v) is 5.72. The van der Waals surface area contributed by atoms with Crippen molar-refractivity contribution in [1.29, 1.82) is 0 Å². The molecule has 0 spiro atoms. The Balaban J connectivity index is 2.02. The SMILES string of the molecule is CCCCCNc1nc(N)nc(C)c1Cc1ccc(OCCOCCP(=O)(O)O)cc1OC. The average Bonchev–Trinajstić information content (AvgIpc) is 2.75. The van der Waals surface area contributed by atoms with Crippen molar-refractivity contribution in [2.45, 2.75) is 39.5 Å². The zero-order valence-corrected chi connectivity index (χ0v) is 20.4. The summed E-state index contributed by atoms with van der Waals surface area (Å²) < 4.78 is 27.2. The molecule has 0 aliphatic carbocycles. The Hall–Kier alpha value is -2.39. The lowest BCUT2D eigenvalue weighted by Crippen LogP contribution is -2.12. The van der Waals surface area contributed by atoms with Gasteiger partial charge in [0.25, 0.3) is 0 Å². The summed E-state index contributed by atoms with van der Waals surface area (Å²) in [6.07, 6.45) is 3.60. The molecule has 0 amide bonds. The Morgan fingerprint density at radius 2 is 1.94 bits per heavy atom. The van der Waals surface area contributed by atoms with Crippen LogP contribution in [0.15, 0.2) is 18.2 Å². The summed E-state index contributed by atoms with van der Waals surface area (Å²) in [7, 11) is -2.44. The summed E-state index contributed by atoms with van der Waals surface area (Å²) >= 11 is 0. The first-order valence-electron chi connectivity index (χ1n) is 11.0. The number of anilines is 2. The van der Waals surface area contributed by atoms with E-state index in [1.807, 2.05) is 19.1 Å². The van der Waals surface area contributed by atoms with E-state index in [1.165, 1.54) is 0 Å². The number of nitrogen functional groups attached to an aromatic ring is 1. The first kappa shape index (κ1) is 26.9. The summed E-state index contributed by atoms with van der Waals surface area (Å²) in [5.74, 6) is 2.26. The lowest BCUT2D eigenvalue weighted by atomic mass is 10.0. The van der Waals surface area contributed by atoms with Gasteiger partial charge >= 0.3 is 7.60 Å². The highest BCUT2D eigenvalue weighted by atomic mass is 31.2. The molecule has 0 aliphatic heterocycles. The van der Waals surface area contributed by atoms with Gasteiger partial charge in [-0.15, -0.1) is 0 Å². The van der Waals surface area contributed by atoms with Crippen molar-refractivity contribution in [2.24, 2.45) is 0 Å². The Morgan fingerprint density at radius 3 is 2.64 bits per heavy atom. The molecule has 0 bridgehead atoms. The lowest BCUT2D eigenvalue weighted by molar-refractivity contribution is 0.109. The first-order valence-corrected chi connectivity index (χ1v) is 12.8. The van der Waals surface area contributed by atoms with Gasteiger partial charge in [-0.1, -0.05) is 25.8 Å². The van der Waals surface area contributed by atoms with E-state index in [4.69, 9.17) is 29.7 Å². The van der Waals surface area contributed by atoms with Gasteiger partial charge in [-0.2, -0.15) is 4.98 Å². The Bertz CT molecular complexity index is 937. The zero-order valence-electron chi connectivity index (χ0n) is 19.5. The molecular formula is C22H35N4O6P. The van der Waals surface area contributed by atoms with Gasteiger partial charge in [-0.3, -0.25) is 4.57 Å². The van der Waals surface area contributed by atoms with Gasteiger partial charge in [0, 0.05) is 30.3 Å². The zero-order chi connectivity index (χ0) is 24.3. The number of rotatable bonds is 15. The second-order valence-corrected chi connectivity index (χ2v) is 9.40. The minimum absolute atomic E-state index is 0.0201. The highest BCUT2D eigenvalue weighted by Crippen LogP contribution is 2.33. The second kappa shape index (κ2) is 13.3. The smallest absolute Gasteiger partial charge is 0.327 e. The summed E-state index contributed by atoms with van der Waals surface area (Å²) in [5, 5.41) is 3.39. The molecule has 0 fully saturated rings. The summed E-state index contributed by atoms with van der Waals surface area (Å²) in [5.41, 5.74) is 8.61. The fourth-order valence-corrected chi connectivity index (χ4v) is 3.58. The number of nitrogens with two attached hydrogens (primary N) is 1. The number of hydrogen-bond acceptors (Lipinski definition) is 8. The molecule has 184 valence electrons. The van der Waals surface area contributed by atoms with Gasteiger partial charge in [0.05, 0.1) is 26.5 Å². The van der Waals surface area contributed by atoms with E-state index >= 15 is 0 Å². The van der Waals surface area contributed by atoms with Gasteiger partial charge < -0.3 is 35.0 Å². The lowest BCUT2D eigenvalue weighted by Gasteiger charge is -2.16. The minimum Gasteiger partial charge on any atom is -0.496 e. The topological polar surface area (TPSA) is 149 Å². The van der Waals surface area contributed by atoms with Crippen molar-refractivity contribution in [3.05, 3.63) is 35.0 Å². The monoisotopic (exact) mass is 482 g/mol. The standard InChI is InChI=1S/C22H35N4O6P/c1-4-5-6-9-24-21-19(16(2)25-22(23)26-21)14-17-7-8-18(15-20(17)30-3)32-11-10-31-12-13-33(27,28)29/h7-8,15H,4-6,9-14H2,1-3H3,(H2,27,28,29)(H3,23,24,25,26). The number of nitrogens with zero attached hydrogens (tertiary/aromatic N) is 2. The molecule has 0 saturated carbocycles. The van der Waals surface area contributed by atoms with Gasteiger partial charge in [0.2, 0.25) is 5.95 Å². The fourth-order valence-electron chi connectivity index (χ4n) is 3.21. The molecule has 10 nitrogen and oxygen atoms in total. The molecule has 2 aromatic rings. The van der Waals surface area contributed by atoms with E-state index in [2.05, 4.69) is 22.2 Å². The Kier molecular flexibility index (Phi) is 10.9. The maximum Gasteiger partial charge on any atom is 0.327 e. The molecule has 0 saturated heterocycles. The molecular weight excluding hydrogens is 447 g/mol. The number of aromatic nitrogens is 2. The van der Waals surface area contributed by atoms with Crippen LogP contribution in [0.2, 0.25) is 0 Å². The molecule has 1 aromatic heterocycles. The van der Waals surface area contributed by atoms with Gasteiger partial charge in [-0.05, 0) is 25.0 Å². The molecule has 0 radical (unpaired) electrons. The van der Waals surface area contributed by atoms with Crippen molar-refractivity contribution in [3.8, 4) is 11.5 Å². The van der Waals surface area contributed by atoms with E-state index in [9.17, 15) is 4.57 Å². The highest BCUT2D eigenvalue weighted by Gasteiger charge is 2.15. The molecule has 1 heterocycles. The van der Waals surface area contributed by atoms with Gasteiger partial charge in [0.15, 0.2) is 0 Å². The third-order valence-electron chi connectivity index (χ3n) is 4.95. The van der Waals surface area contributed by atoms with Crippen molar-refractivity contribution in [2.75, 3.05) is 50.7 Å². The van der Waals surface area contributed by atoms with E-state index in [0.29, 0.717) is 17.9 Å². The van der Waals surface area contributed by atoms with Crippen LogP contribution in [0.3, 0.4) is 0 Å². The number of aryl methyl sites for hydroxylation is 1. The summed E-state index contributed by atoms with van der Waals surface area (Å²) in [4.78, 5) is 26.4. The van der Waals surface area contributed by atoms with Crippen LogP contribution in [0.1, 0.15) is 43.0 Å². The van der Waals surface area contributed by atoms with Crippen LogP contribution in [0, 0.1) is 6.92 Å². The van der Waals surface area contributed by atoms with Crippen LogP contribution in [-0.2, 0) is 15.7 Å². The molecule has 0 unspecified atom stereocenters. The number of methoxy groups -OCH3 is 1. The molecule has 0 atom stereocenters. The van der Waals surface area contributed by atoms with Crippen molar-refractivity contribution in [1.82, 2.24) is 9.97 Å². The summed E-state index contributed by atoms with van der Waals surface area (Å²) in [6.45, 7) is 5.35. The Labute approximate surface area is 195 Å². The normalized spacial score (nSPS) is 11.4. The molecule has 1 aromatic carbocycles. The Morgan fingerprint density at radius 1 is 1.15 bits per heavy atom. The highest BCUT2D eigenvalue weighted by molar-refractivity contribution is 7.51. The largest absolute Gasteiger partial charge is 0.496 e. The van der Waals surface area contributed by atoms with Gasteiger partial charge in [0.1, 0.15) is 23.9 Å². The number of unbranched alkanes of at least 4 members (excludes halogenated alkanes) is 2. The van der Waals surface area contributed by atoms with Gasteiger partial charge in [-0.25, -0.2) is 4.98 Å². The molecule has 5 N–H and O–H groups in total. The van der Waals surface area contributed by atoms with Crippen molar-refractivity contribution >= 4 is 19.4 Å². The van der Waals surface area contributed by atoms with E-state index in [1.54, 1.807) is 13.2 Å².